The minimum absolute atomic E-state index is 0.120. The van der Waals surface area contributed by atoms with Crippen LogP contribution < -0.4 is 11.1 Å². The fraction of sp³-hybridized carbons (Fsp3) is 0.625. The van der Waals surface area contributed by atoms with Crippen molar-refractivity contribution in [2.75, 3.05) is 0 Å². The topological polar surface area (TPSA) is 130 Å². The molecule has 0 fully saturated rings. The minimum Gasteiger partial charge on any atom is -0.480 e. The molecule has 0 heterocycles. The lowest BCUT2D eigenvalue weighted by Crippen LogP contribution is -2.53. The number of primary amides is 1. The number of aliphatic carboxylic acids is 1. The summed E-state index contributed by atoms with van der Waals surface area (Å²) in [6.45, 7) is 1.74. The molecule has 0 spiro atoms. The van der Waals surface area contributed by atoms with E-state index in [4.69, 9.17) is 15.9 Å². The van der Waals surface area contributed by atoms with Crippen LogP contribution in [0.4, 0.5) is 0 Å². The number of nitrogens with one attached hydrogen (secondary N) is 1. The summed E-state index contributed by atoms with van der Waals surface area (Å²) in [7, 11) is 0. The second-order valence-electron chi connectivity index (χ2n) is 2.98. The highest BCUT2D eigenvalue weighted by Gasteiger charge is 2.31. The van der Waals surface area contributed by atoms with E-state index < -0.39 is 29.9 Å². The van der Waals surface area contributed by atoms with E-state index in [1.807, 2.05) is 5.32 Å². The van der Waals surface area contributed by atoms with Gasteiger partial charge in [-0.15, -0.1) is 0 Å². The van der Waals surface area contributed by atoms with Gasteiger partial charge < -0.3 is 21.3 Å². The third-order valence-electron chi connectivity index (χ3n) is 1.67. The minimum atomic E-state index is -1.93. The molecule has 2 atom stereocenters. The summed E-state index contributed by atoms with van der Waals surface area (Å²) in [5, 5.41) is 19.7. The Labute approximate surface area is 86.3 Å². The first kappa shape index (κ1) is 13.4. The maximum Gasteiger partial charge on any atom is 0.329 e. The second-order valence-corrected chi connectivity index (χ2v) is 2.98. The molecular weight excluding hydrogens is 204 g/mol. The van der Waals surface area contributed by atoms with Gasteiger partial charge in [0, 0.05) is 6.42 Å². The van der Waals surface area contributed by atoms with Crippen molar-refractivity contribution in [1.82, 2.24) is 5.32 Å². The summed E-state index contributed by atoms with van der Waals surface area (Å²) in [5.41, 5.74) is 4.72. The number of carbonyl (C=O) groups is 3. The maximum absolute atomic E-state index is 11.0. The highest BCUT2D eigenvalue weighted by Crippen LogP contribution is 1.96. The molecule has 0 saturated heterocycles. The Morgan fingerprint density at radius 3 is 2.27 bits per heavy atom. The molecule has 15 heavy (non-hydrogen) atoms. The summed E-state index contributed by atoms with van der Waals surface area (Å²) in [4.78, 5) is 32.2. The van der Waals surface area contributed by atoms with Gasteiger partial charge in [0.15, 0.2) is 12.1 Å². The van der Waals surface area contributed by atoms with E-state index in [1.54, 1.807) is 6.92 Å². The van der Waals surface area contributed by atoms with E-state index in [0.717, 1.165) is 0 Å². The number of aliphatic hydroxyl groups excluding tert-OH is 1. The molecule has 0 aliphatic carbocycles. The van der Waals surface area contributed by atoms with Crippen molar-refractivity contribution in [3.63, 3.8) is 0 Å². The van der Waals surface area contributed by atoms with Gasteiger partial charge in [-0.2, -0.15) is 0 Å². The van der Waals surface area contributed by atoms with Crippen LogP contribution in [0.25, 0.3) is 0 Å². The Hall–Kier alpha value is -1.63. The SMILES string of the molecule is CCCC(=O)NC(C(=O)O)C(O)C(N)=O. The van der Waals surface area contributed by atoms with E-state index in [2.05, 4.69) is 0 Å². The molecule has 5 N–H and O–H groups in total. The summed E-state index contributed by atoms with van der Waals surface area (Å²) < 4.78 is 0. The molecule has 0 aromatic rings. The first-order chi connectivity index (χ1) is 6.90. The van der Waals surface area contributed by atoms with E-state index in [0.29, 0.717) is 6.42 Å². The van der Waals surface area contributed by atoms with Gasteiger partial charge in [0.25, 0.3) is 0 Å². The number of hydrogen-bond donors (Lipinski definition) is 4. The molecule has 86 valence electrons. The van der Waals surface area contributed by atoms with Gasteiger partial charge in [0.05, 0.1) is 0 Å². The number of hydrogen-bond acceptors (Lipinski definition) is 4. The predicted octanol–water partition coefficient (Wildman–Crippen LogP) is -1.80. The van der Waals surface area contributed by atoms with Gasteiger partial charge in [0.1, 0.15) is 0 Å². The molecule has 0 aromatic carbocycles. The smallest absolute Gasteiger partial charge is 0.329 e. The Balaban J connectivity index is 4.48. The molecule has 0 bridgehead atoms. The molecule has 7 heteroatoms. The Bertz CT molecular complexity index is 266. The zero-order chi connectivity index (χ0) is 12.0. The standard InChI is InChI=1S/C8H14N2O5/c1-2-3-4(11)10-5(8(14)15)6(12)7(9)13/h5-6,12H,2-3H2,1H3,(H2,9,13)(H,10,11)(H,14,15). The number of carboxylic acids is 1. The quantitative estimate of drug-likeness (QED) is 0.418. The first-order valence-corrected chi connectivity index (χ1v) is 4.39. The van der Waals surface area contributed by atoms with E-state index in [1.165, 1.54) is 0 Å². The van der Waals surface area contributed by atoms with E-state index in [-0.39, 0.29) is 6.42 Å². The zero-order valence-corrected chi connectivity index (χ0v) is 8.27. The van der Waals surface area contributed by atoms with Gasteiger partial charge in [-0.25, -0.2) is 4.79 Å². The summed E-state index contributed by atoms with van der Waals surface area (Å²) >= 11 is 0. The lowest BCUT2D eigenvalue weighted by molar-refractivity contribution is -0.148. The van der Waals surface area contributed by atoms with E-state index in [9.17, 15) is 14.4 Å². The van der Waals surface area contributed by atoms with Crippen LogP contribution in [0.5, 0.6) is 0 Å². The van der Waals surface area contributed by atoms with Crippen LogP contribution in [-0.4, -0.2) is 40.1 Å². The normalized spacial score (nSPS) is 14.0. The highest BCUT2D eigenvalue weighted by molar-refractivity contribution is 5.90. The third-order valence-corrected chi connectivity index (χ3v) is 1.67. The number of amides is 2. The molecule has 0 rings (SSSR count). The van der Waals surface area contributed by atoms with Gasteiger partial charge in [0.2, 0.25) is 11.8 Å². The summed E-state index contributed by atoms with van der Waals surface area (Å²) in [6.07, 6.45) is -1.27. The fourth-order valence-corrected chi connectivity index (χ4v) is 0.913. The first-order valence-electron chi connectivity index (χ1n) is 4.39. The molecular formula is C8H14N2O5. The van der Waals surface area contributed by atoms with E-state index >= 15 is 0 Å². The number of carboxylic acid groups (broad SMARTS) is 1. The lowest BCUT2D eigenvalue weighted by atomic mass is 10.1. The highest BCUT2D eigenvalue weighted by atomic mass is 16.4. The number of rotatable bonds is 6. The lowest BCUT2D eigenvalue weighted by Gasteiger charge is -2.17. The largest absolute Gasteiger partial charge is 0.480 e. The van der Waals surface area contributed by atoms with Gasteiger partial charge >= 0.3 is 5.97 Å². The van der Waals surface area contributed by atoms with Crippen molar-refractivity contribution in [3.05, 3.63) is 0 Å². The maximum atomic E-state index is 11.0. The Morgan fingerprint density at radius 1 is 1.40 bits per heavy atom. The monoisotopic (exact) mass is 218 g/mol. The number of nitrogens with two attached hydrogens (primary N) is 1. The average molecular weight is 218 g/mol. The third kappa shape index (κ3) is 4.41. The molecule has 2 amide bonds. The number of aliphatic hydroxyl groups is 1. The van der Waals surface area contributed by atoms with Crippen LogP contribution in [-0.2, 0) is 14.4 Å². The van der Waals surface area contributed by atoms with Gasteiger partial charge in [-0.05, 0) is 6.42 Å². The van der Waals surface area contributed by atoms with Crippen LogP contribution in [0.1, 0.15) is 19.8 Å². The van der Waals surface area contributed by atoms with Crippen LogP contribution in [0.15, 0.2) is 0 Å². The molecule has 2 unspecified atom stereocenters. The predicted molar refractivity (Wildman–Crippen MR) is 49.7 cm³/mol. The van der Waals surface area contributed by atoms with Crippen LogP contribution >= 0.6 is 0 Å². The van der Waals surface area contributed by atoms with Crippen molar-refractivity contribution in [3.8, 4) is 0 Å². The van der Waals surface area contributed by atoms with Crippen molar-refractivity contribution in [2.45, 2.75) is 31.9 Å². The fourth-order valence-electron chi connectivity index (χ4n) is 0.913. The Kier molecular flexibility index (Phi) is 5.32. The summed E-state index contributed by atoms with van der Waals surface area (Å²) in [5.74, 6) is -3.25. The molecule has 0 aromatic heterocycles. The molecule has 7 nitrogen and oxygen atoms in total. The van der Waals surface area contributed by atoms with Crippen molar-refractivity contribution >= 4 is 17.8 Å². The number of carbonyl (C=O) groups excluding carboxylic acids is 2. The van der Waals surface area contributed by atoms with Crippen molar-refractivity contribution < 1.29 is 24.6 Å². The Morgan fingerprint density at radius 2 is 1.93 bits per heavy atom. The molecule has 0 aliphatic heterocycles. The van der Waals surface area contributed by atoms with Crippen LogP contribution in [0.3, 0.4) is 0 Å². The molecule has 0 radical (unpaired) electrons. The zero-order valence-electron chi connectivity index (χ0n) is 8.27. The van der Waals surface area contributed by atoms with Gasteiger partial charge in [-0.1, -0.05) is 6.92 Å². The van der Waals surface area contributed by atoms with Crippen molar-refractivity contribution in [2.24, 2.45) is 5.73 Å². The second kappa shape index (κ2) is 5.97. The van der Waals surface area contributed by atoms with Crippen LogP contribution in [0.2, 0.25) is 0 Å². The summed E-state index contributed by atoms with van der Waals surface area (Å²) in [6, 6.07) is -1.69. The van der Waals surface area contributed by atoms with Crippen molar-refractivity contribution in [1.29, 1.82) is 0 Å². The molecule has 0 aliphatic rings. The molecule has 0 saturated carbocycles. The average Bonchev–Trinajstić information content (AvgIpc) is 2.13. The van der Waals surface area contributed by atoms with Crippen LogP contribution in [0, 0.1) is 0 Å². The van der Waals surface area contributed by atoms with Gasteiger partial charge in [-0.3, -0.25) is 9.59 Å².